The zero-order valence-corrected chi connectivity index (χ0v) is 7.09. The van der Waals surface area contributed by atoms with Gasteiger partial charge in [0.2, 0.25) is 0 Å². The minimum Gasteiger partial charge on any atom is -0.387 e. The molecule has 2 heterocycles. The lowest BCUT2D eigenvalue weighted by Gasteiger charge is -2.06. The molecule has 0 amide bonds. The van der Waals surface area contributed by atoms with Gasteiger partial charge in [-0.15, -0.1) is 0 Å². The van der Waals surface area contributed by atoms with Gasteiger partial charge in [0.1, 0.15) is 5.69 Å². The van der Waals surface area contributed by atoms with Crippen molar-refractivity contribution in [1.29, 1.82) is 0 Å². The van der Waals surface area contributed by atoms with Gasteiger partial charge in [-0.2, -0.15) is 0 Å². The number of anilines is 1. The van der Waals surface area contributed by atoms with E-state index in [4.69, 9.17) is 4.84 Å². The summed E-state index contributed by atoms with van der Waals surface area (Å²) >= 11 is 0. The second-order valence-electron chi connectivity index (χ2n) is 3.05. The summed E-state index contributed by atoms with van der Waals surface area (Å²) in [4.78, 5) is 9.36. The highest BCUT2D eigenvalue weighted by molar-refractivity contribution is 5.61. The third kappa shape index (κ3) is 1.00. The summed E-state index contributed by atoms with van der Waals surface area (Å²) in [6.45, 7) is 4.20. The normalized spacial score (nSPS) is 13.9. The molecule has 1 aliphatic heterocycles. The maximum Gasteiger partial charge on any atom is 0.177 e. The van der Waals surface area contributed by atoms with Crippen molar-refractivity contribution in [3.8, 4) is 5.75 Å². The fraction of sp³-hybridized carbons (Fsp3) is 0.375. The summed E-state index contributed by atoms with van der Waals surface area (Å²) in [5.74, 6) is 1.21. The van der Waals surface area contributed by atoms with E-state index < -0.39 is 0 Å². The van der Waals surface area contributed by atoms with Gasteiger partial charge in [-0.25, -0.2) is 0 Å². The van der Waals surface area contributed by atoms with E-state index in [2.05, 4.69) is 29.8 Å². The fourth-order valence-corrected chi connectivity index (χ4v) is 1.24. The molecule has 0 spiro atoms. The zero-order chi connectivity index (χ0) is 8.55. The Kier molecular flexibility index (Phi) is 1.62. The van der Waals surface area contributed by atoms with Gasteiger partial charge in [0.05, 0.1) is 5.69 Å². The highest BCUT2D eigenvalue weighted by atomic mass is 16.7. The van der Waals surface area contributed by atoms with Gasteiger partial charge in [-0.1, -0.05) is 19.4 Å². The van der Waals surface area contributed by atoms with Crippen LogP contribution >= 0.6 is 0 Å². The van der Waals surface area contributed by atoms with E-state index in [1.165, 1.54) is 0 Å². The first-order chi connectivity index (χ1) is 5.79. The third-order valence-corrected chi connectivity index (χ3v) is 1.83. The van der Waals surface area contributed by atoms with E-state index in [-0.39, 0.29) is 0 Å². The number of fused-ring (bicyclic) bond motifs is 1. The lowest BCUT2D eigenvalue weighted by atomic mass is 10.1. The van der Waals surface area contributed by atoms with Crippen LogP contribution in [0.3, 0.4) is 0 Å². The van der Waals surface area contributed by atoms with Crippen molar-refractivity contribution in [3.05, 3.63) is 18.0 Å². The number of hydrogen-bond acceptors (Lipinski definition) is 4. The maximum atomic E-state index is 5.09. The molecule has 0 bridgehead atoms. The number of nitrogens with one attached hydrogen (secondary N) is 2. The van der Waals surface area contributed by atoms with Crippen LogP contribution in [0.15, 0.2) is 12.3 Å². The number of pyridine rings is 1. The smallest absolute Gasteiger partial charge is 0.177 e. The standard InChI is InChI=1S/C8H11N3O/c1-5(2)7-8-6(3-4-9-7)12-11-10-8/h3-5,10-11H,1-2H3. The quantitative estimate of drug-likeness (QED) is 0.660. The molecule has 0 saturated carbocycles. The SMILES string of the molecule is CC(C)c1nccc2c1NNO2. The first-order valence-corrected chi connectivity index (χ1v) is 3.96. The van der Waals surface area contributed by atoms with Gasteiger partial charge in [0.25, 0.3) is 0 Å². The minimum atomic E-state index is 0.399. The van der Waals surface area contributed by atoms with E-state index in [0.29, 0.717) is 5.92 Å². The van der Waals surface area contributed by atoms with Crippen molar-refractivity contribution < 1.29 is 4.84 Å². The molecule has 4 nitrogen and oxygen atoms in total. The van der Waals surface area contributed by atoms with Crippen LogP contribution in [0, 0.1) is 0 Å². The van der Waals surface area contributed by atoms with Gasteiger partial charge in [-0.3, -0.25) is 10.4 Å². The average molecular weight is 165 g/mol. The Labute approximate surface area is 70.9 Å². The molecule has 4 heteroatoms. The van der Waals surface area contributed by atoms with Crippen molar-refractivity contribution in [1.82, 2.24) is 10.6 Å². The molecule has 0 saturated heterocycles. The van der Waals surface area contributed by atoms with Crippen LogP contribution in [0.25, 0.3) is 0 Å². The summed E-state index contributed by atoms with van der Waals surface area (Å²) in [6.07, 6.45) is 1.75. The molecule has 2 N–H and O–H groups in total. The Morgan fingerprint density at radius 2 is 2.33 bits per heavy atom. The first kappa shape index (κ1) is 7.36. The molecule has 1 aromatic heterocycles. The van der Waals surface area contributed by atoms with Gasteiger partial charge in [0, 0.05) is 12.3 Å². The van der Waals surface area contributed by atoms with Crippen LogP contribution in [0.2, 0.25) is 0 Å². The molecule has 0 unspecified atom stereocenters. The number of aromatic nitrogens is 1. The van der Waals surface area contributed by atoms with Crippen LogP contribution in [0.1, 0.15) is 25.5 Å². The Morgan fingerprint density at radius 3 is 3.08 bits per heavy atom. The predicted octanol–water partition coefficient (Wildman–Crippen LogP) is 1.43. The Balaban J connectivity index is 2.49. The molecule has 0 radical (unpaired) electrons. The zero-order valence-electron chi connectivity index (χ0n) is 7.09. The van der Waals surface area contributed by atoms with Gasteiger partial charge >= 0.3 is 0 Å². The largest absolute Gasteiger partial charge is 0.387 e. The van der Waals surface area contributed by atoms with Gasteiger partial charge < -0.3 is 4.84 Å². The number of rotatable bonds is 1. The lowest BCUT2D eigenvalue weighted by Crippen LogP contribution is -2.17. The van der Waals surface area contributed by atoms with Crippen LogP contribution in [-0.4, -0.2) is 4.98 Å². The average Bonchev–Trinajstić information content (AvgIpc) is 2.49. The number of hydrogen-bond donors (Lipinski definition) is 2. The van der Waals surface area contributed by atoms with Gasteiger partial charge in [0.15, 0.2) is 5.75 Å². The van der Waals surface area contributed by atoms with Crippen LogP contribution < -0.4 is 15.9 Å². The summed E-state index contributed by atoms with van der Waals surface area (Å²) in [7, 11) is 0. The Morgan fingerprint density at radius 1 is 1.50 bits per heavy atom. The van der Waals surface area contributed by atoms with Crippen molar-refractivity contribution in [3.63, 3.8) is 0 Å². The fourth-order valence-electron chi connectivity index (χ4n) is 1.24. The summed E-state index contributed by atoms with van der Waals surface area (Å²) in [6, 6.07) is 1.83. The Hall–Kier alpha value is -1.29. The molecule has 64 valence electrons. The van der Waals surface area contributed by atoms with E-state index in [0.717, 1.165) is 17.1 Å². The molecule has 2 rings (SSSR count). The molecule has 1 aromatic rings. The van der Waals surface area contributed by atoms with Crippen LogP contribution in [0.4, 0.5) is 5.69 Å². The monoisotopic (exact) mass is 165 g/mol. The third-order valence-electron chi connectivity index (χ3n) is 1.83. The molecule has 1 aliphatic rings. The molecule has 0 atom stereocenters. The second kappa shape index (κ2) is 2.64. The highest BCUT2D eigenvalue weighted by Gasteiger charge is 2.17. The van der Waals surface area contributed by atoms with E-state index >= 15 is 0 Å². The molecule has 12 heavy (non-hydrogen) atoms. The second-order valence-corrected chi connectivity index (χ2v) is 3.05. The number of nitrogens with zero attached hydrogens (tertiary/aromatic N) is 1. The molecule has 0 aromatic carbocycles. The summed E-state index contributed by atoms with van der Waals surface area (Å²) in [5.41, 5.74) is 7.49. The van der Waals surface area contributed by atoms with Crippen LogP contribution in [0.5, 0.6) is 5.75 Å². The molecular weight excluding hydrogens is 154 g/mol. The number of hydrazine groups is 1. The van der Waals surface area contributed by atoms with E-state index in [9.17, 15) is 0 Å². The summed E-state index contributed by atoms with van der Waals surface area (Å²) in [5, 5.41) is 0. The van der Waals surface area contributed by atoms with Crippen molar-refractivity contribution in [2.75, 3.05) is 5.43 Å². The molecular formula is C8H11N3O. The van der Waals surface area contributed by atoms with Crippen molar-refractivity contribution >= 4 is 5.69 Å². The predicted molar refractivity (Wildman–Crippen MR) is 45.7 cm³/mol. The maximum absolute atomic E-state index is 5.09. The van der Waals surface area contributed by atoms with Gasteiger partial charge in [-0.05, 0) is 5.92 Å². The highest BCUT2D eigenvalue weighted by Crippen LogP contribution is 2.32. The minimum absolute atomic E-state index is 0.399. The van der Waals surface area contributed by atoms with Crippen molar-refractivity contribution in [2.45, 2.75) is 19.8 Å². The molecule has 0 fully saturated rings. The Bertz CT molecular complexity index is 298. The van der Waals surface area contributed by atoms with Crippen molar-refractivity contribution in [2.24, 2.45) is 0 Å². The van der Waals surface area contributed by atoms with Crippen LogP contribution in [-0.2, 0) is 0 Å². The first-order valence-electron chi connectivity index (χ1n) is 3.96. The van der Waals surface area contributed by atoms with E-state index in [1.54, 1.807) is 6.20 Å². The van der Waals surface area contributed by atoms with E-state index in [1.807, 2.05) is 6.07 Å². The topological polar surface area (TPSA) is 46.2 Å². The lowest BCUT2D eigenvalue weighted by molar-refractivity contribution is 0.247. The summed E-state index contributed by atoms with van der Waals surface area (Å²) < 4.78 is 0. The molecule has 0 aliphatic carbocycles.